The van der Waals surface area contributed by atoms with Crippen molar-refractivity contribution in [1.29, 1.82) is 0 Å². The molecule has 0 aromatic heterocycles. The summed E-state index contributed by atoms with van der Waals surface area (Å²) in [4.78, 5) is 27.9. The maximum atomic E-state index is 13.4. The minimum absolute atomic E-state index is 0.00244. The molecule has 0 unspecified atom stereocenters. The molecule has 0 radical (unpaired) electrons. The van der Waals surface area contributed by atoms with Crippen LogP contribution in [0.25, 0.3) is 0 Å². The molecule has 2 rings (SSSR count). The van der Waals surface area contributed by atoms with Gasteiger partial charge in [-0.05, 0) is 69.0 Å². The number of nitrogens with zero attached hydrogens (tertiary/aromatic N) is 1. The van der Waals surface area contributed by atoms with Crippen LogP contribution in [0.2, 0.25) is 10.0 Å². The lowest BCUT2D eigenvalue weighted by Crippen LogP contribution is -2.51. The van der Waals surface area contributed by atoms with E-state index in [2.05, 4.69) is 21.2 Å². The van der Waals surface area contributed by atoms with Gasteiger partial charge in [0.1, 0.15) is 11.8 Å². The highest BCUT2D eigenvalue weighted by Gasteiger charge is 2.30. The van der Waals surface area contributed by atoms with Gasteiger partial charge in [-0.3, -0.25) is 9.59 Å². The standard InChI is InChI=1S/C25H31BrCl2N2O3/c1-6-17(5)29-25(32)22(7-2)30(13-19-20(27)9-8-10-21(19)28)23(31)14-33-18-11-15(3)24(26)16(4)12-18/h8-12,17,22H,6-7,13-14H2,1-5H3,(H,29,32)/t17-,22-/m1/s1. The number of rotatable bonds is 10. The third-order valence-corrected chi connectivity index (χ3v) is 7.51. The topological polar surface area (TPSA) is 58.6 Å². The van der Waals surface area contributed by atoms with E-state index in [0.29, 0.717) is 27.8 Å². The maximum Gasteiger partial charge on any atom is 0.261 e. The summed E-state index contributed by atoms with van der Waals surface area (Å²) in [5.41, 5.74) is 2.62. The summed E-state index contributed by atoms with van der Waals surface area (Å²) in [5, 5.41) is 3.87. The average molecular weight is 558 g/mol. The highest BCUT2D eigenvalue weighted by molar-refractivity contribution is 9.10. The number of nitrogens with one attached hydrogen (secondary N) is 1. The van der Waals surface area contributed by atoms with Crippen LogP contribution in [0.3, 0.4) is 0 Å². The maximum absolute atomic E-state index is 13.4. The smallest absolute Gasteiger partial charge is 0.261 e. The Bertz CT molecular complexity index is 956. The van der Waals surface area contributed by atoms with Gasteiger partial charge in [0.05, 0.1) is 0 Å². The van der Waals surface area contributed by atoms with E-state index in [0.717, 1.165) is 22.0 Å². The molecule has 2 aromatic carbocycles. The Hall–Kier alpha value is -1.76. The van der Waals surface area contributed by atoms with Crippen molar-refractivity contribution in [3.63, 3.8) is 0 Å². The molecule has 0 saturated carbocycles. The molecule has 0 aliphatic heterocycles. The molecule has 0 fully saturated rings. The first kappa shape index (κ1) is 27.5. The van der Waals surface area contributed by atoms with Crippen LogP contribution in [-0.4, -0.2) is 35.4 Å². The van der Waals surface area contributed by atoms with Crippen LogP contribution in [0.5, 0.6) is 5.75 Å². The number of benzene rings is 2. The van der Waals surface area contributed by atoms with Crippen LogP contribution >= 0.6 is 39.1 Å². The Balaban J connectivity index is 2.32. The molecule has 180 valence electrons. The molecule has 0 heterocycles. The van der Waals surface area contributed by atoms with Crippen molar-refractivity contribution >= 4 is 50.9 Å². The van der Waals surface area contributed by atoms with Crippen LogP contribution in [0, 0.1) is 13.8 Å². The molecular formula is C25H31BrCl2N2O3. The lowest BCUT2D eigenvalue weighted by Gasteiger charge is -2.32. The second-order valence-corrected chi connectivity index (χ2v) is 9.73. The fourth-order valence-electron chi connectivity index (χ4n) is 3.43. The zero-order valence-corrected chi connectivity index (χ0v) is 22.8. The van der Waals surface area contributed by atoms with Crippen molar-refractivity contribution < 1.29 is 14.3 Å². The summed E-state index contributed by atoms with van der Waals surface area (Å²) in [6.07, 6.45) is 1.23. The van der Waals surface area contributed by atoms with Crippen LogP contribution in [0.4, 0.5) is 0 Å². The SMILES string of the molecule is CC[C@@H](C)NC(=O)[C@@H](CC)N(Cc1c(Cl)cccc1Cl)C(=O)COc1cc(C)c(Br)c(C)c1. The number of halogens is 3. The van der Waals surface area contributed by atoms with Crippen molar-refractivity contribution in [3.8, 4) is 5.75 Å². The Morgan fingerprint density at radius 2 is 1.67 bits per heavy atom. The van der Waals surface area contributed by atoms with Crippen LogP contribution in [-0.2, 0) is 16.1 Å². The number of amides is 2. The summed E-state index contributed by atoms with van der Waals surface area (Å²) in [5.74, 6) is 0.0588. The number of carbonyl (C=O) groups is 2. The average Bonchev–Trinajstić information content (AvgIpc) is 2.77. The third kappa shape index (κ3) is 7.36. The van der Waals surface area contributed by atoms with Crippen LogP contribution < -0.4 is 10.1 Å². The molecule has 33 heavy (non-hydrogen) atoms. The van der Waals surface area contributed by atoms with Crippen molar-refractivity contribution in [2.75, 3.05) is 6.61 Å². The summed E-state index contributed by atoms with van der Waals surface area (Å²) in [6.45, 7) is 9.61. The van der Waals surface area contributed by atoms with E-state index >= 15 is 0 Å². The molecular weight excluding hydrogens is 527 g/mol. The van der Waals surface area contributed by atoms with Gasteiger partial charge >= 0.3 is 0 Å². The largest absolute Gasteiger partial charge is 0.484 e. The quantitative estimate of drug-likeness (QED) is 0.364. The predicted molar refractivity (Wildman–Crippen MR) is 138 cm³/mol. The van der Waals surface area contributed by atoms with Gasteiger partial charge in [0.25, 0.3) is 5.91 Å². The van der Waals surface area contributed by atoms with Crippen molar-refractivity contribution in [1.82, 2.24) is 10.2 Å². The molecule has 2 aromatic rings. The normalized spacial score (nSPS) is 12.7. The molecule has 0 spiro atoms. The minimum atomic E-state index is -0.684. The van der Waals surface area contributed by atoms with E-state index in [1.165, 1.54) is 4.90 Å². The molecule has 0 saturated heterocycles. The Morgan fingerprint density at radius 3 is 2.18 bits per heavy atom. The predicted octanol–water partition coefficient (Wildman–Crippen LogP) is 6.47. The lowest BCUT2D eigenvalue weighted by molar-refractivity contribution is -0.143. The summed E-state index contributed by atoms with van der Waals surface area (Å²) in [7, 11) is 0. The van der Waals surface area contributed by atoms with Crippen molar-refractivity contribution in [2.24, 2.45) is 0 Å². The fraction of sp³-hybridized carbons (Fsp3) is 0.440. The Morgan fingerprint density at radius 1 is 1.09 bits per heavy atom. The van der Waals surface area contributed by atoms with E-state index < -0.39 is 6.04 Å². The monoisotopic (exact) mass is 556 g/mol. The van der Waals surface area contributed by atoms with Gasteiger partial charge in [-0.2, -0.15) is 0 Å². The molecule has 8 heteroatoms. The fourth-order valence-corrected chi connectivity index (χ4v) is 4.18. The number of hydrogen-bond donors (Lipinski definition) is 1. The minimum Gasteiger partial charge on any atom is -0.484 e. The molecule has 1 N–H and O–H groups in total. The number of hydrogen-bond acceptors (Lipinski definition) is 3. The summed E-state index contributed by atoms with van der Waals surface area (Å²) < 4.78 is 6.83. The van der Waals surface area contributed by atoms with Crippen molar-refractivity contribution in [3.05, 3.63) is 61.5 Å². The summed E-state index contributed by atoms with van der Waals surface area (Å²) >= 11 is 16.3. The van der Waals surface area contributed by atoms with Gasteiger partial charge in [0, 0.05) is 32.7 Å². The van der Waals surface area contributed by atoms with Crippen LogP contribution in [0.1, 0.15) is 50.3 Å². The zero-order chi connectivity index (χ0) is 24.7. The van der Waals surface area contributed by atoms with Crippen molar-refractivity contribution in [2.45, 2.75) is 66.1 Å². The second-order valence-electron chi connectivity index (χ2n) is 8.12. The second kappa shape index (κ2) is 12.6. The zero-order valence-electron chi connectivity index (χ0n) is 19.7. The third-order valence-electron chi connectivity index (χ3n) is 5.55. The van der Waals surface area contributed by atoms with Gasteiger partial charge < -0.3 is 15.0 Å². The number of carbonyl (C=O) groups excluding carboxylic acids is 2. The lowest BCUT2D eigenvalue weighted by atomic mass is 10.1. The van der Waals surface area contributed by atoms with Crippen LogP contribution in [0.15, 0.2) is 34.8 Å². The number of aryl methyl sites for hydroxylation is 2. The number of ether oxygens (including phenoxy) is 1. The van der Waals surface area contributed by atoms with E-state index in [1.54, 1.807) is 18.2 Å². The molecule has 2 atom stereocenters. The van der Waals surface area contributed by atoms with Gasteiger partial charge in [-0.1, -0.05) is 59.0 Å². The molecule has 0 bridgehead atoms. The van der Waals surface area contributed by atoms with E-state index in [1.807, 2.05) is 46.8 Å². The molecule has 2 amide bonds. The Kier molecular flexibility index (Phi) is 10.5. The van der Waals surface area contributed by atoms with Gasteiger partial charge in [-0.15, -0.1) is 0 Å². The highest BCUT2D eigenvalue weighted by Crippen LogP contribution is 2.28. The highest BCUT2D eigenvalue weighted by atomic mass is 79.9. The first-order valence-electron chi connectivity index (χ1n) is 11.0. The van der Waals surface area contributed by atoms with E-state index in [4.69, 9.17) is 27.9 Å². The molecule has 0 aliphatic rings. The van der Waals surface area contributed by atoms with E-state index in [-0.39, 0.29) is 31.0 Å². The van der Waals surface area contributed by atoms with Gasteiger partial charge in [0.15, 0.2) is 6.61 Å². The molecule has 5 nitrogen and oxygen atoms in total. The first-order chi connectivity index (χ1) is 15.6. The van der Waals surface area contributed by atoms with Gasteiger partial charge in [0.2, 0.25) is 5.91 Å². The van der Waals surface area contributed by atoms with E-state index in [9.17, 15) is 9.59 Å². The Labute approximate surface area is 214 Å². The van der Waals surface area contributed by atoms with Gasteiger partial charge in [-0.25, -0.2) is 0 Å². The summed E-state index contributed by atoms with van der Waals surface area (Å²) in [6, 6.07) is 8.23. The first-order valence-corrected chi connectivity index (χ1v) is 12.6. The molecule has 0 aliphatic carbocycles.